The zero-order chi connectivity index (χ0) is 21.7. The first-order chi connectivity index (χ1) is 14.0. The Morgan fingerprint density at radius 2 is 1.70 bits per heavy atom. The molecule has 0 heterocycles. The summed E-state index contributed by atoms with van der Waals surface area (Å²) >= 11 is 0. The molecular formula is C25H45NO2Si2. The van der Waals surface area contributed by atoms with Crippen LogP contribution >= 0.6 is 0 Å². The molecule has 0 saturated heterocycles. The molecule has 0 spiro atoms. The molecule has 3 fully saturated rings. The molecule has 0 amide bonds. The van der Waals surface area contributed by atoms with Crippen molar-refractivity contribution >= 4 is 22.3 Å². The molecule has 3 saturated carbocycles. The minimum Gasteiger partial charge on any atom is -0.455 e. The number of hydrogen-bond acceptors (Lipinski definition) is 3. The van der Waals surface area contributed by atoms with Gasteiger partial charge in [-0.2, -0.15) is 0 Å². The summed E-state index contributed by atoms with van der Waals surface area (Å²) in [4.78, 5) is 0. The number of fused-ring (bicyclic) bond motifs is 5. The van der Waals surface area contributed by atoms with E-state index in [1.54, 1.807) is 5.57 Å². The average molecular weight is 448 g/mol. The summed E-state index contributed by atoms with van der Waals surface area (Å²) in [6, 6.07) is 0. The smallest absolute Gasteiger partial charge is 0.278 e. The standard InChI is InChI=1S/C25H45NO2Si2/c1-8-25-16-15-21-20-12-10-19(26-28-30(5,6)7)17-18(20)9-11-22(21)23(25)13-14-24(25)27-29(2,3)4/h17,20-24H,8-16H2,1-7H3/b26-19-/t20-,21+,22+,23-,24-,25-/m0/s1. The van der Waals surface area contributed by atoms with Crippen molar-refractivity contribution in [3.8, 4) is 0 Å². The van der Waals surface area contributed by atoms with Gasteiger partial charge in [0.1, 0.15) is 0 Å². The second kappa shape index (κ2) is 8.18. The van der Waals surface area contributed by atoms with Gasteiger partial charge in [-0.05, 0) is 132 Å². The first-order valence-electron chi connectivity index (χ1n) is 12.7. The molecule has 4 aliphatic rings. The SMILES string of the molecule is CC[C@]12CC[C@H]3[C@@H](CCC4=C/C(=N\O[Si](C)(C)C)CC[C@@H]43)[C@@H]1CC[C@@H]2O[Si](C)(C)C. The zero-order valence-corrected chi connectivity index (χ0v) is 22.6. The largest absolute Gasteiger partial charge is 0.455 e. The third kappa shape index (κ3) is 4.40. The highest BCUT2D eigenvalue weighted by Crippen LogP contribution is 2.63. The summed E-state index contributed by atoms with van der Waals surface area (Å²) in [5, 5.41) is 4.56. The molecule has 6 atom stereocenters. The molecule has 0 bridgehead atoms. The maximum Gasteiger partial charge on any atom is 0.278 e. The van der Waals surface area contributed by atoms with E-state index in [0.717, 1.165) is 30.1 Å². The highest BCUT2D eigenvalue weighted by molar-refractivity contribution is 6.70. The third-order valence-electron chi connectivity index (χ3n) is 8.54. The number of hydrogen-bond donors (Lipinski definition) is 0. The van der Waals surface area contributed by atoms with E-state index >= 15 is 0 Å². The lowest BCUT2D eigenvalue weighted by atomic mass is 9.51. The van der Waals surface area contributed by atoms with Gasteiger partial charge < -0.3 is 8.95 Å². The Morgan fingerprint density at radius 3 is 2.37 bits per heavy atom. The first-order valence-corrected chi connectivity index (χ1v) is 19.5. The Labute approximate surface area is 187 Å². The van der Waals surface area contributed by atoms with Crippen LogP contribution in [-0.2, 0) is 8.95 Å². The number of nitrogens with zero attached hydrogens (tertiary/aromatic N) is 1. The topological polar surface area (TPSA) is 30.8 Å². The second-order valence-corrected chi connectivity index (χ2v) is 21.4. The van der Waals surface area contributed by atoms with Crippen LogP contribution in [0.4, 0.5) is 0 Å². The van der Waals surface area contributed by atoms with Gasteiger partial charge in [-0.15, -0.1) is 5.16 Å². The molecular weight excluding hydrogens is 402 g/mol. The van der Waals surface area contributed by atoms with Crippen molar-refractivity contribution < 1.29 is 8.95 Å². The Hall–Kier alpha value is -0.396. The Balaban J connectivity index is 1.51. The molecule has 0 aromatic carbocycles. The van der Waals surface area contributed by atoms with Crippen LogP contribution in [0.15, 0.2) is 16.8 Å². The first kappa shape index (κ1) is 22.8. The van der Waals surface area contributed by atoms with E-state index in [-0.39, 0.29) is 0 Å². The van der Waals surface area contributed by atoms with Gasteiger partial charge >= 0.3 is 0 Å². The van der Waals surface area contributed by atoms with Gasteiger partial charge in [0.25, 0.3) is 8.32 Å². The average Bonchev–Trinajstić information content (AvgIpc) is 3.02. The Kier molecular flexibility index (Phi) is 6.22. The molecule has 4 rings (SSSR count). The van der Waals surface area contributed by atoms with Crippen molar-refractivity contribution in [2.45, 2.75) is 110 Å². The summed E-state index contributed by atoms with van der Waals surface area (Å²) < 4.78 is 12.7. The molecule has 30 heavy (non-hydrogen) atoms. The van der Waals surface area contributed by atoms with E-state index in [0.29, 0.717) is 11.5 Å². The van der Waals surface area contributed by atoms with Gasteiger partial charge in [0, 0.05) is 0 Å². The maximum absolute atomic E-state index is 6.82. The molecule has 0 N–H and O–H groups in total. The lowest BCUT2D eigenvalue weighted by molar-refractivity contribution is -0.0607. The van der Waals surface area contributed by atoms with E-state index < -0.39 is 16.6 Å². The van der Waals surface area contributed by atoms with Gasteiger partial charge in [-0.25, -0.2) is 0 Å². The molecule has 0 unspecified atom stereocenters. The van der Waals surface area contributed by atoms with Gasteiger partial charge in [-0.1, -0.05) is 12.5 Å². The lowest BCUT2D eigenvalue weighted by Crippen LogP contribution is -2.50. The Morgan fingerprint density at radius 1 is 0.933 bits per heavy atom. The molecule has 0 aliphatic heterocycles. The van der Waals surface area contributed by atoms with Crippen LogP contribution in [0.3, 0.4) is 0 Å². The van der Waals surface area contributed by atoms with Crippen molar-refractivity contribution in [2.24, 2.45) is 34.2 Å². The van der Waals surface area contributed by atoms with Crippen molar-refractivity contribution in [3.63, 3.8) is 0 Å². The number of allylic oxidation sites excluding steroid dienone is 2. The van der Waals surface area contributed by atoms with Crippen molar-refractivity contribution in [2.75, 3.05) is 0 Å². The number of rotatable bonds is 5. The van der Waals surface area contributed by atoms with E-state index in [4.69, 9.17) is 8.95 Å². The fourth-order valence-corrected chi connectivity index (χ4v) is 9.09. The van der Waals surface area contributed by atoms with Crippen LogP contribution in [0.1, 0.15) is 64.7 Å². The molecule has 5 heteroatoms. The molecule has 0 aromatic heterocycles. The minimum atomic E-state index is -1.59. The molecule has 4 aliphatic carbocycles. The quantitative estimate of drug-likeness (QED) is 0.325. The summed E-state index contributed by atoms with van der Waals surface area (Å²) in [5.74, 6) is 3.53. The van der Waals surface area contributed by atoms with Gasteiger partial charge in [0.2, 0.25) is 0 Å². The van der Waals surface area contributed by atoms with Gasteiger partial charge in [0.05, 0.1) is 11.8 Å². The molecule has 3 nitrogen and oxygen atoms in total. The summed E-state index contributed by atoms with van der Waals surface area (Å²) in [6.45, 7) is 16.2. The molecule has 170 valence electrons. The Bertz CT molecular complexity index is 705. The van der Waals surface area contributed by atoms with Gasteiger partial charge in [0.15, 0.2) is 8.32 Å². The number of oxime groups is 1. The van der Waals surface area contributed by atoms with E-state index in [1.165, 1.54) is 57.1 Å². The normalized spacial score (nSPS) is 40.4. The summed E-state index contributed by atoms with van der Waals surface area (Å²) in [7, 11) is -3.08. The summed E-state index contributed by atoms with van der Waals surface area (Å²) in [5.41, 5.74) is 3.36. The fraction of sp³-hybridized carbons (Fsp3) is 0.880. The second-order valence-electron chi connectivity index (χ2n) is 12.5. The maximum atomic E-state index is 6.82. The zero-order valence-electron chi connectivity index (χ0n) is 20.6. The summed E-state index contributed by atoms with van der Waals surface area (Å²) in [6.07, 6.45) is 14.9. The van der Waals surface area contributed by atoms with E-state index in [9.17, 15) is 0 Å². The highest BCUT2D eigenvalue weighted by atomic mass is 28.4. The van der Waals surface area contributed by atoms with E-state index in [1.807, 2.05) is 0 Å². The van der Waals surface area contributed by atoms with E-state index in [2.05, 4.69) is 57.4 Å². The molecule has 0 radical (unpaired) electrons. The van der Waals surface area contributed by atoms with Crippen molar-refractivity contribution in [3.05, 3.63) is 11.6 Å². The van der Waals surface area contributed by atoms with Crippen molar-refractivity contribution in [1.82, 2.24) is 0 Å². The highest BCUT2D eigenvalue weighted by Gasteiger charge is 2.58. The fourth-order valence-electron chi connectivity index (χ4n) is 7.49. The third-order valence-corrected chi connectivity index (χ3v) is 10.2. The predicted molar refractivity (Wildman–Crippen MR) is 132 cm³/mol. The van der Waals surface area contributed by atoms with Crippen LogP contribution in [-0.4, -0.2) is 28.5 Å². The van der Waals surface area contributed by atoms with Gasteiger partial charge in [-0.3, -0.25) is 0 Å². The molecule has 0 aromatic rings. The van der Waals surface area contributed by atoms with Crippen LogP contribution in [0.2, 0.25) is 39.3 Å². The van der Waals surface area contributed by atoms with Crippen LogP contribution in [0, 0.1) is 29.1 Å². The minimum absolute atomic E-state index is 0.467. The van der Waals surface area contributed by atoms with Crippen LogP contribution in [0.25, 0.3) is 0 Å². The van der Waals surface area contributed by atoms with Crippen LogP contribution in [0.5, 0.6) is 0 Å². The van der Waals surface area contributed by atoms with Crippen LogP contribution < -0.4 is 0 Å². The lowest BCUT2D eigenvalue weighted by Gasteiger charge is -2.55. The van der Waals surface area contributed by atoms with Crippen molar-refractivity contribution in [1.29, 1.82) is 0 Å². The monoisotopic (exact) mass is 447 g/mol. The predicted octanol–water partition coefficient (Wildman–Crippen LogP) is 7.38.